The lowest BCUT2D eigenvalue weighted by Gasteiger charge is -2.21. The van der Waals surface area contributed by atoms with Gasteiger partial charge in [0.25, 0.3) is 5.56 Å². The number of thiophene rings is 1. The van der Waals surface area contributed by atoms with Crippen molar-refractivity contribution < 1.29 is 4.79 Å². The topological polar surface area (TPSA) is 55.2 Å². The third kappa shape index (κ3) is 3.11. The summed E-state index contributed by atoms with van der Waals surface area (Å²) in [4.78, 5) is 35.0. The van der Waals surface area contributed by atoms with E-state index in [0.717, 1.165) is 41.6 Å². The predicted octanol–water partition coefficient (Wildman–Crippen LogP) is 3.94. The van der Waals surface area contributed by atoms with E-state index >= 15 is 0 Å². The van der Waals surface area contributed by atoms with Gasteiger partial charge in [-0.3, -0.25) is 14.2 Å². The summed E-state index contributed by atoms with van der Waals surface area (Å²) in [6, 6.07) is 8.08. The number of carbonyl (C=O) groups excluding carboxylic acids is 1. The van der Waals surface area contributed by atoms with Gasteiger partial charge in [-0.15, -0.1) is 11.3 Å². The molecule has 0 bridgehead atoms. The molecule has 0 unspecified atom stereocenters. The molecule has 1 amide bonds. The summed E-state index contributed by atoms with van der Waals surface area (Å²) in [5.41, 5.74) is 3.45. The first-order valence-electron chi connectivity index (χ1n) is 10.1. The maximum atomic E-state index is 13.1. The number of nitrogens with zero attached hydrogens (tertiary/aromatic N) is 3. The van der Waals surface area contributed by atoms with Crippen LogP contribution >= 0.6 is 23.1 Å². The molecule has 1 aromatic carbocycles. The number of benzene rings is 1. The molecule has 1 aliphatic carbocycles. The van der Waals surface area contributed by atoms with Crippen LogP contribution in [-0.2, 0) is 31.1 Å². The van der Waals surface area contributed by atoms with Gasteiger partial charge in [-0.2, -0.15) is 0 Å². The maximum absolute atomic E-state index is 13.1. The maximum Gasteiger partial charge on any atom is 0.262 e. The lowest BCUT2D eigenvalue weighted by molar-refractivity contribution is -0.117. The van der Waals surface area contributed by atoms with E-state index in [1.54, 1.807) is 23.0 Å². The Balaban J connectivity index is 1.45. The number of thioether (sulfide) groups is 1. The number of aryl methyl sites for hydroxylation is 2. The zero-order chi connectivity index (χ0) is 20.1. The molecule has 3 aromatic rings. The van der Waals surface area contributed by atoms with Gasteiger partial charge in [-0.25, -0.2) is 4.98 Å². The largest absolute Gasteiger partial charge is 0.311 e. The van der Waals surface area contributed by atoms with Crippen LogP contribution < -0.4 is 10.5 Å². The number of carbonyl (C=O) groups is 1. The summed E-state index contributed by atoms with van der Waals surface area (Å²) in [7, 11) is 1.77. The third-order valence-corrected chi connectivity index (χ3v) is 8.26. The Kier molecular flexibility index (Phi) is 4.75. The summed E-state index contributed by atoms with van der Waals surface area (Å²) in [6.07, 6.45) is 5.24. The molecule has 1 aliphatic heterocycles. The average Bonchev–Trinajstić information content (AvgIpc) is 3.32. The van der Waals surface area contributed by atoms with Crippen molar-refractivity contribution >= 4 is 44.9 Å². The van der Waals surface area contributed by atoms with Crippen LogP contribution in [0.25, 0.3) is 10.2 Å². The highest BCUT2D eigenvalue weighted by molar-refractivity contribution is 8.00. The Morgan fingerprint density at radius 2 is 2.00 bits per heavy atom. The van der Waals surface area contributed by atoms with Crippen LogP contribution in [0, 0.1) is 0 Å². The van der Waals surface area contributed by atoms with E-state index in [0.29, 0.717) is 11.7 Å². The van der Waals surface area contributed by atoms with Crippen LogP contribution in [0.2, 0.25) is 0 Å². The Bertz CT molecular complexity index is 1180. The van der Waals surface area contributed by atoms with Gasteiger partial charge in [0, 0.05) is 24.2 Å². The Morgan fingerprint density at radius 3 is 2.86 bits per heavy atom. The Hall–Kier alpha value is -2.12. The molecule has 0 spiro atoms. The number of hydrogen-bond donors (Lipinski definition) is 0. The van der Waals surface area contributed by atoms with Crippen molar-refractivity contribution in [3.8, 4) is 0 Å². The first kappa shape index (κ1) is 18.9. The van der Waals surface area contributed by atoms with Crippen LogP contribution in [0.5, 0.6) is 0 Å². The van der Waals surface area contributed by atoms with E-state index in [1.165, 1.54) is 34.2 Å². The van der Waals surface area contributed by atoms with E-state index in [-0.39, 0.29) is 16.7 Å². The molecule has 0 fully saturated rings. The van der Waals surface area contributed by atoms with Gasteiger partial charge in [-0.1, -0.05) is 30.0 Å². The second-order valence-electron chi connectivity index (χ2n) is 7.78. The normalized spacial score (nSPS) is 16.7. The number of para-hydroxylation sites is 1. The molecule has 29 heavy (non-hydrogen) atoms. The van der Waals surface area contributed by atoms with E-state index in [9.17, 15) is 9.59 Å². The summed E-state index contributed by atoms with van der Waals surface area (Å²) < 4.78 is 1.62. The zero-order valence-electron chi connectivity index (χ0n) is 16.6. The van der Waals surface area contributed by atoms with E-state index < -0.39 is 0 Å². The highest BCUT2D eigenvalue weighted by atomic mass is 32.2. The summed E-state index contributed by atoms with van der Waals surface area (Å²) in [5.74, 6) is 0.0692. The van der Waals surface area contributed by atoms with E-state index in [1.807, 2.05) is 30.0 Å². The molecule has 150 valence electrons. The molecule has 1 atom stereocenters. The van der Waals surface area contributed by atoms with Gasteiger partial charge in [-0.05, 0) is 56.2 Å². The molecule has 5 nitrogen and oxygen atoms in total. The van der Waals surface area contributed by atoms with Crippen LogP contribution in [0.4, 0.5) is 5.69 Å². The van der Waals surface area contributed by atoms with Crippen LogP contribution in [0.15, 0.2) is 34.2 Å². The fourth-order valence-electron chi connectivity index (χ4n) is 4.37. The second kappa shape index (κ2) is 7.29. The highest BCUT2D eigenvalue weighted by Crippen LogP contribution is 2.36. The molecule has 3 heterocycles. The lowest BCUT2D eigenvalue weighted by atomic mass is 9.97. The molecule has 5 rings (SSSR count). The SMILES string of the molecule is C[C@@H](Sc1nc2sc3c(c2c(=O)n1C)CCCC3)C(=O)N1CCc2ccccc21. The fourth-order valence-corrected chi connectivity index (χ4v) is 6.61. The second-order valence-corrected chi connectivity index (χ2v) is 10.2. The van der Waals surface area contributed by atoms with Crippen LogP contribution in [0.3, 0.4) is 0 Å². The summed E-state index contributed by atoms with van der Waals surface area (Å²) >= 11 is 3.04. The first-order valence-corrected chi connectivity index (χ1v) is 11.8. The molecule has 2 aromatic heterocycles. The van der Waals surface area contributed by atoms with Crippen molar-refractivity contribution in [2.24, 2.45) is 7.05 Å². The first-order chi connectivity index (χ1) is 14.0. The van der Waals surface area contributed by atoms with Crippen molar-refractivity contribution in [1.82, 2.24) is 9.55 Å². The van der Waals surface area contributed by atoms with Gasteiger partial charge in [0.1, 0.15) is 4.83 Å². The minimum atomic E-state index is -0.314. The Morgan fingerprint density at radius 1 is 1.21 bits per heavy atom. The van der Waals surface area contributed by atoms with Crippen LogP contribution in [0.1, 0.15) is 35.8 Å². The number of aromatic nitrogens is 2. The molecule has 7 heteroatoms. The lowest BCUT2D eigenvalue weighted by Crippen LogP contribution is -2.35. The molecule has 0 N–H and O–H groups in total. The number of amides is 1. The zero-order valence-corrected chi connectivity index (χ0v) is 18.2. The van der Waals surface area contributed by atoms with Crippen molar-refractivity contribution in [2.45, 2.75) is 49.4 Å². The summed E-state index contributed by atoms with van der Waals surface area (Å²) in [5, 5.41) is 1.10. The van der Waals surface area contributed by atoms with Crippen molar-refractivity contribution in [1.29, 1.82) is 0 Å². The third-order valence-electron chi connectivity index (χ3n) is 5.94. The van der Waals surface area contributed by atoms with Gasteiger partial charge < -0.3 is 4.90 Å². The molecule has 0 saturated heterocycles. The number of anilines is 1. The van der Waals surface area contributed by atoms with Gasteiger partial charge in [0.15, 0.2) is 5.16 Å². The number of rotatable bonds is 3. The smallest absolute Gasteiger partial charge is 0.262 e. The van der Waals surface area contributed by atoms with Crippen LogP contribution in [-0.4, -0.2) is 27.3 Å². The molecular weight excluding hydrogens is 402 g/mol. The molecule has 2 aliphatic rings. The number of fused-ring (bicyclic) bond motifs is 4. The predicted molar refractivity (Wildman–Crippen MR) is 119 cm³/mol. The van der Waals surface area contributed by atoms with Crippen molar-refractivity contribution in [3.05, 3.63) is 50.6 Å². The quantitative estimate of drug-likeness (QED) is 0.471. The fraction of sp³-hybridized carbons (Fsp3) is 0.409. The highest BCUT2D eigenvalue weighted by Gasteiger charge is 2.29. The molecule has 0 saturated carbocycles. The molecule has 0 radical (unpaired) electrons. The van der Waals surface area contributed by atoms with Crippen molar-refractivity contribution in [2.75, 3.05) is 11.4 Å². The van der Waals surface area contributed by atoms with Gasteiger partial charge in [0.2, 0.25) is 5.91 Å². The standard InChI is InChI=1S/C22H23N3O2S2/c1-13(20(26)25-12-11-14-7-3-5-9-16(14)25)28-22-23-19-18(21(27)24(22)2)15-8-4-6-10-17(15)29-19/h3,5,7,9,13H,4,6,8,10-12H2,1-2H3/t13-/m1/s1. The monoisotopic (exact) mass is 425 g/mol. The number of hydrogen-bond acceptors (Lipinski definition) is 5. The minimum Gasteiger partial charge on any atom is -0.311 e. The average molecular weight is 426 g/mol. The van der Waals surface area contributed by atoms with E-state index in [2.05, 4.69) is 6.07 Å². The molecular formula is C22H23N3O2S2. The Labute approximate surface area is 177 Å². The van der Waals surface area contributed by atoms with E-state index in [4.69, 9.17) is 4.98 Å². The van der Waals surface area contributed by atoms with Crippen molar-refractivity contribution in [3.63, 3.8) is 0 Å². The van der Waals surface area contributed by atoms with Gasteiger partial charge >= 0.3 is 0 Å². The van der Waals surface area contributed by atoms with Gasteiger partial charge in [0.05, 0.1) is 10.6 Å². The minimum absolute atomic E-state index is 0.0167. The summed E-state index contributed by atoms with van der Waals surface area (Å²) in [6.45, 7) is 2.62.